The van der Waals surface area contributed by atoms with Crippen LogP contribution in [0.2, 0.25) is 5.02 Å². The highest BCUT2D eigenvalue weighted by Gasteiger charge is 2.29. The Morgan fingerprint density at radius 1 is 1.11 bits per heavy atom. The Balaban J connectivity index is 1.50. The molecule has 4 rings (SSSR count). The van der Waals surface area contributed by atoms with Crippen molar-refractivity contribution < 1.29 is 14.3 Å². The van der Waals surface area contributed by atoms with Crippen molar-refractivity contribution in [2.75, 3.05) is 42.6 Å². The number of carbonyl (C=O) groups is 2. The molecule has 0 atom stereocenters. The van der Waals surface area contributed by atoms with Gasteiger partial charge in [-0.05, 0) is 29.8 Å². The topological polar surface area (TPSA) is 74.8 Å². The maximum atomic E-state index is 12.7. The molecule has 1 fully saturated rings. The molecule has 3 heterocycles. The van der Waals surface area contributed by atoms with E-state index in [-0.39, 0.29) is 18.2 Å². The molecule has 0 spiro atoms. The van der Waals surface area contributed by atoms with Crippen LogP contribution >= 0.6 is 11.6 Å². The van der Waals surface area contributed by atoms with Crippen LogP contribution < -0.4 is 15.1 Å². The first kappa shape index (κ1) is 18.7. The fraction of sp³-hybridized carbons (Fsp3) is 0.350. The van der Waals surface area contributed by atoms with Gasteiger partial charge in [0.25, 0.3) is 0 Å². The minimum absolute atomic E-state index is 0.0353. The second-order valence-electron chi connectivity index (χ2n) is 6.75. The number of nitrogens with zero attached hydrogens (tertiary/aromatic N) is 3. The number of hydrogen-bond acceptors (Lipinski definition) is 5. The molecule has 0 unspecified atom stereocenters. The van der Waals surface area contributed by atoms with Crippen molar-refractivity contribution >= 4 is 34.9 Å². The summed E-state index contributed by atoms with van der Waals surface area (Å²) < 4.78 is 5.37. The molecule has 1 aromatic heterocycles. The lowest BCUT2D eigenvalue weighted by Gasteiger charge is -2.31. The number of ketones is 1. The van der Waals surface area contributed by atoms with Crippen LogP contribution in [0.4, 0.5) is 16.3 Å². The summed E-state index contributed by atoms with van der Waals surface area (Å²) in [5.41, 5.74) is 1.87. The van der Waals surface area contributed by atoms with E-state index in [1.165, 1.54) is 0 Å². The third kappa shape index (κ3) is 3.95. The number of amides is 2. The minimum Gasteiger partial charge on any atom is -0.378 e. The third-order valence-corrected chi connectivity index (χ3v) is 5.17. The van der Waals surface area contributed by atoms with Gasteiger partial charge in [0.2, 0.25) is 0 Å². The van der Waals surface area contributed by atoms with Gasteiger partial charge >= 0.3 is 6.03 Å². The normalized spacial score (nSPS) is 16.7. The first-order valence-electron chi connectivity index (χ1n) is 9.28. The van der Waals surface area contributed by atoms with Gasteiger partial charge in [-0.3, -0.25) is 9.69 Å². The lowest BCUT2D eigenvalue weighted by atomic mass is 10.1. The molecule has 0 bridgehead atoms. The van der Waals surface area contributed by atoms with Gasteiger partial charge in [-0.1, -0.05) is 23.7 Å². The monoisotopic (exact) mass is 400 g/mol. The maximum Gasteiger partial charge on any atom is 0.322 e. The molecule has 1 saturated heterocycles. The quantitative estimate of drug-likeness (QED) is 0.857. The summed E-state index contributed by atoms with van der Waals surface area (Å²) in [6.07, 6.45) is 0.265. The van der Waals surface area contributed by atoms with Gasteiger partial charge in [-0.25, -0.2) is 9.78 Å². The summed E-state index contributed by atoms with van der Waals surface area (Å²) in [6, 6.07) is 10.7. The second kappa shape index (κ2) is 8.16. The van der Waals surface area contributed by atoms with Crippen molar-refractivity contribution in [3.05, 3.63) is 52.7 Å². The number of morpholine rings is 1. The van der Waals surface area contributed by atoms with Crippen LogP contribution in [0.15, 0.2) is 36.4 Å². The molecule has 1 aromatic carbocycles. The SMILES string of the molecule is O=C1CCN(C(=O)NCc2ccc(Cl)cc2)c2ccc(N3CCOCC3)nc21. The molecule has 2 aliphatic heterocycles. The van der Waals surface area contributed by atoms with Crippen LogP contribution in [0, 0.1) is 0 Å². The molecular formula is C20H21ClN4O3. The first-order chi connectivity index (χ1) is 13.6. The number of aromatic nitrogens is 1. The number of hydrogen-bond donors (Lipinski definition) is 1. The van der Waals surface area contributed by atoms with E-state index in [4.69, 9.17) is 16.3 Å². The molecule has 0 aliphatic carbocycles. The number of carbonyl (C=O) groups excluding carboxylic acids is 2. The highest BCUT2D eigenvalue weighted by molar-refractivity contribution is 6.30. The third-order valence-electron chi connectivity index (χ3n) is 4.91. The van der Waals surface area contributed by atoms with Crippen molar-refractivity contribution in [3.63, 3.8) is 0 Å². The number of halogens is 1. The molecule has 1 N–H and O–H groups in total. The Bertz CT molecular complexity index is 882. The van der Waals surface area contributed by atoms with E-state index in [0.29, 0.717) is 42.7 Å². The Labute approximate surface area is 168 Å². The van der Waals surface area contributed by atoms with Gasteiger partial charge in [-0.15, -0.1) is 0 Å². The number of anilines is 2. The number of nitrogens with one attached hydrogen (secondary N) is 1. The Hall–Kier alpha value is -2.64. The Morgan fingerprint density at radius 3 is 2.61 bits per heavy atom. The van der Waals surface area contributed by atoms with Crippen molar-refractivity contribution in [2.24, 2.45) is 0 Å². The molecule has 7 nitrogen and oxygen atoms in total. The molecule has 146 valence electrons. The second-order valence-corrected chi connectivity index (χ2v) is 7.18. The first-order valence-corrected chi connectivity index (χ1v) is 9.66. The standard InChI is InChI=1S/C20H21ClN4O3/c21-15-3-1-14(2-4-15)13-22-20(27)25-8-7-17(26)19-16(25)5-6-18(23-19)24-9-11-28-12-10-24/h1-6H,7-13H2,(H,22,27). The number of fused-ring (bicyclic) bond motifs is 1. The van der Waals surface area contributed by atoms with Gasteiger partial charge in [0.1, 0.15) is 11.5 Å². The minimum atomic E-state index is -0.246. The summed E-state index contributed by atoms with van der Waals surface area (Å²) >= 11 is 5.89. The van der Waals surface area contributed by atoms with Crippen molar-refractivity contribution in [3.8, 4) is 0 Å². The number of Topliss-reactive ketones (excluding diaryl/α,β-unsaturated/α-hetero) is 1. The predicted molar refractivity (Wildman–Crippen MR) is 107 cm³/mol. The van der Waals surface area contributed by atoms with E-state index >= 15 is 0 Å². The fourth-order valence-electron chi connectivity index (χ4n) is 3.37. The number of benzene rings is 1. The van der Waals surface area contributed by atoms with E-state index in [1.54, 1.807) is 17.0 Å². The molecule has 2 aromatic rings. The van der Waals surface area contributed by atoms with E-state index in [0.717, 1.165) is 24.5 Å². The molecule has 0 radical (unpaired) electrons. The van der Waals surface area contributed by atoms with Gasteiger partial charge in [0.05, 0.1) is 18.9 Å². The molecule has 28 heavy (non-hydrogen) atoms. The summed E-state index contributed by atoms with van der Waals surface area (Å²) in [5.74, 6) is 0.714. The largest absolute Gasteiger partial charge is 0.378 e. The van der Waals surface area contributed by atoms with Crippen molar-refractivity contribution in [1.29, 1.82) is 0 Å². The van der Waals surface area contributed by atoms with E-state index in [2.05, 4.69) is 15.2 Å². The summed E-state index contributed by atoms with van der Waals surface area (Å²) in [7, 11) is 0. The lowest BCUT2D eigenvalue weighted by molar-refractivity contribution is 0.0976. The summed E-state index contributed by atoms with van der Waals surface area (Å²) in [5, 5.41) is 3.55. The summed E-state index contributed by atoms with van der Waals surface area (Å²) in [6.45, 7) is 3.50. The fourth-order valence-corrected chi connectivity index (χ4v) is 3.50. The average Bonchev–Trinajstić information content (AvgIpc) is 2.74. The molecule has 8 heteroatoms. The smallest absolute Gasteiger partial charge is 0.322 e. The van der Waals surface area contributed by atoms with Crippen LogP contribution in [0.25, 0.3) is 0 Å². The summed E-state index contributed by atoms with van der Waals surface area (Å²) in [4.78, 5) is 33.4. The van der Waals surface area contributed by atoms with E-state index < -0.39 is 0 Å². The van der Waals surface area contributed by atoms with Crippen molar-refractivity contribution in [2.45, 2.75) is 13.0 Å². The highest BCUT2D eigenvalue weighted by atomic mass is 35.5. The zero-order valence-corrected chi connectivity index (χ0v) is 16.1. The zero-order chi connectivity index (χ0) is 19.5. The number of pyridine rings is 1. The average molecular weight is 401 g/mol. The van der Waals surface area contributed by atoms with E-state index in [1.807, 2.05) is 24.3 Å². The maximum absolute atomic E-state index is 12.7. The number of rotatable bonds is 3. The Kier molecular flexibility index (Phi) is 5.45. The van der Waals surface area contributed by atoms with Gasteiger partial charge in [-0.2, -0.15) is 0 Å². The highest BCUT2D eigenvalue weighted by Crippen LogP contribution is 2.28. The molecule has 2 aliphatic rings. The number of urea groups is 1. The predicted octanol–water partition coefficient (Wildman–Crippen LogP) is 2.87. The van der Waals surface area contributed by atoms with Gasteiger partial charge < -0.3 is 15.0 Å². The number of ether oxygens (including phenoxy) is 1. The Morgan fingerprint density at radius 2 is 1.86 bits per heavy atom. The lowest BCUT2D eigenvalue weighted by Crippen LogP contribution is -2.44. The molecular weight excluding hydrogens is 380 g/mol. The van der Waals surface area contributed by atoms with E-state index in [9.17, 15) is 9.59 Å². The molecule has 0 saturated carbocycles. The zero-order valence-electron chi connectivity index (χ0n) is 15.4. The van der Waals surface area contributed by atoms with Crippen LogP contribution in [-0.2, 0) is 11.3 Å². The van der Waals surface area contributed by atoms with Crippen LogP contribution in [0.5, 0.6) is 0 Å². The van der Waals surface area contributed by atoms with Crippen molar-refractivity contribution in [1.82, 2.24) is 10.3 Å². The molecule has 2 amide bonds. The van der Waals surface area contributed by atoms with Crippen LogP contribution in [0.3, 0.4) is 0 Å². The van der Waals surface area contributed by atoms with Crippen LogP contribution in [-0.4, -0.2) is 49.6 Å². The van der Waals surface area contributed by atoms with Gasteiger partial charge in [0.15, 0.2) is 5.78 Å². The van der Waals surface area contributed by atoms with Crippen LogP contribution in [0.1, 0.15) is 22.5 Å². The van der Waals surface area contributed by atoms with Gasteiger partial charge in [0, 0.05) is 37.6 Å².